The van der Waals surface area contributed by atoms with Crippen molar-refractivity contribution in [2.45, 2.75) is 4.90 Å². The summed E-state index contributed by atoms with van der Waals surface area (Å²) >= 11 is 1.02. The van der Waals surface area contributed by atoms with Crippen molar-refractivity contribution in [1.82, 2.24) is 10.2 Å². The summed E-state index contributed by atoms with van der Waals surface area (Å²) in [6.45, 7) is 0. The molecule has 2 aromatic rings. The number of hydrogen-bond donors (Lipinski definition) is 2. The van der Waals surface area contributed by atoms with E-state index >= 15 is 0 Å². The molecule has 0 spiro atoms. The predicted molar refractivity (Wildman–Crippen MR) is 61.5 cm³/mol. The Morgan fingerprint density at radius 3 is 2.71 bits per heavy atom. The van der Waals surface area contributed by atoms with Crippen LogP contribution in [0.15, 0.2) is 28.6 Å². The highest BCUT2D eigenvalue weighted by atomic mass is 32.2. The van der Waals surface area contributed by atoms with E-state index in [1.165, 1.54) is 5.51 Å². The molecule has 0 atom stereocenters. The zero-order valence-electron chi connectivity index (χ0n) is 8.29. The topological polar surface area (TPSA) is 98.0 Å². The predicted octanol–water partition coefficient (Wildman–Crippen LogP) is 1.06. The minimum Gasteiger partial charge on any atom is -0.399 e. The standard InChI is InChI=1S/C8H7FN4O2S2/c9-5-1-6(10)3-7(2-5)17(14,15)13-8-12-11-4-16-8/h1-4H,10H2,(H,12,13). The van der Waals surface area contributed by atoms with Gasteiger partial charge < -0.3 is 5.73 Å². The van der Waals surface area contributed by atoms with Gasteiger partial charge in [0.25, 0.3) is 10.0 Å². The van der Waals surface area contributed by atoms with Gasteiger partial charge in [0.15, 0.2) is 0 Å². The Labute approximate surface area is 100 Å². The first-order chi connectivity index (χ1) is 7.97. The summed E-state index contributed by atoms with van der Waals surface area (Å²) in [6.07, 6.45) is 0. The molecule has 0 aliphatic carbocycles. The number of anilines is 2. The van der Waals surface area contributed by atoms with Gasteiger partial charge in [-0.1, -0.05) is 11.3 Å². The molecule has 9 heteroatoms. The number of nitrogens with one attached hydrogen (secondary N) is 1. The molecule has 6 nitrogen and oxygen atoms in total. The average molecular weight is 274 g/mol. The lowest BCUT2D eigenvalue weighted by Crippen LogP contribution is -2.13. The van der Waals surface area contributed by atoms with Crippen LogP contribution in [0.25, 0.3) is 0 Å². The number of aromatic nitrogens is 2. The molecule has 0 bridgehead atoms. The fraction of sp³-hybridized carbons (Fsp3) is 0. The van der Waals surface area contributed by atoms with E-state index < -0.39 is 15.8 Å². The molecule has 17 heavy (non-hydrogen) atoms. The Balaban J connectivity index is 2.38. The molecular formula is C8H7FN4O2S2. The highest BCUT2D eigenvalue weighted by Crippen LogP contribution is 2.19. The molecule has 0 amide bonds. The number of nitrogen functional groups attached to an aromatic ring is 1. The number of benzene rings is 1. The first-order valence-electron chi connectivity index (χ1n) is 4.32. The van der Waals surface area contributed by atoms with Gasteiger partial charge >= 0.3 is 0 Å². The van der Waals surface area contributed by atoms with Gasteiger partial charge in [-0.15, -0.1) is 10.2 Å². The largest absolute Gasteiger partial charge is 0.399 e. The Morgan fingerprint density at radius 2 is 2.12 bits per heavy atom. The maximum Gasteiger partial charge on any atom is 0.263 e. The summed E-state index contributed by atoms with van der Waals surface area (Å²) in [4.78, 5) is -0.259. The van der Waals surface area contributed by atoms with Crippen LogP contribution in [0.4, 0.5) is 15.2 Å². The fourth-order valence-corrected chi connectivity index (χ4v) is 2.89. The third-order valence-corrected chi connectivity index (χ3v) is 3.84. The lowest BCUT2D eigenvalue weighted by molar-refractivity contribution is 0.595. The van der Waals surface area contributed by atoms with Gasteiger partial charge in [-0.25, -0.2) is 12.8 Å². The highest BCUT2D eigenvalue weighted by Gasteiger charge is 2.17. The third kappa shape index (κ3) is 2.68. The minimum absolute atomic E-state index is 0.0302. The van der Waals surface area contributed by atoms with Gasteiger partial charge in [0.05, 0.1) is 4.90 Å². The molecule has 1 aromatic heterocycles. The first-order valence-corrected chi connectivity index (χ1v) is 6.69. The van der Waals surface area contributed by atoms with Crippen LogP contribution >= 0.6 is 11.3 Å². The quantitative estimate of drug-likeness (QED) is 0.815. The summed E-state index contributed by atoms with van der Waals surface area (Å²) in [5, 5.41) is 7.11. The van der Waals surface area contributed by atoms with Crippen LogP contribution in [0, 0.1) is 5.82 Å². The van der Waals surface area contributed by atoms with Crippen LogP contribution < -0.4 is 10.5 Å². The second-order valence-electron chi connectivity index (χ2n) is 3.07. The summed E-state index contributed by atoms with van der Waals surface area (Å²) in [5.41, 5.74) is 6.77. The molecular weight excluding hydrogens is 267 g/mol. The second kappa shape index (κ2) is 4.26. The maximum absolute atomic E-state index is 13.0. The summed E-state index contributed by atoms with van der Waals surface area (Å²) in [7, 11) is -3.89. The van der Waals surface area contributed by atoms with E-state index in [0.29, 0.717) is 0 Å². The van der Waals surface area contributed by atoms with E-state index in [2.05, 4.69) is 14.9 Å². The molecule has 2 rings (SSSR count). The molecule has 0 radical (unpaired) electrons. The third-order valence-electron chi connectivity index (χ3n) is 1.79. The van der Waals surface area contributed by atoms with Crippen LogP contribution in [0.5, 0.6) is 0 Å². The van der Waals surface area contributed by atoms with Crippen molar-refractivity contribution < 1.29 is 12.8 Å². The van der Waals surface area contributed by atoms with E-state index in [1.807, 2.05) is 0 Å². The molecule has 0 saturated heterocycles. The number of nitrogens with zero attached hydrogens (tertiary/aromatic N) is 2. The first kappa shape index (κ1) is 11.7. The van der Waals surface area contributed by atoms with Crippen LogP contribution in [0.3, 0.4) is 0 Å². The Bertz CT molecular complexity index is 607. The molecule has 0 aliphatic rings. The van der Waals surface area contributed by atoms with Crippen molar-refractivity contribution in [2.24, 2.45) is 0 Å². The van der Waals surface area contributed by atoms with Crippen molar-refractivity contribution in [3.05, 3.63) is 29.5 Å². The zero-order valence-corrected chi connectivity index (χ0v) is 9.93. The normalized spacial score (nSPS) is 11.4. The molecule has 3 N–H and O–H groups in total. The number of sulfonamides is 1. The van der Waals surface area contributed by atoms with Crippen LogP contribution in [0.1, 0.15) is 0 Å². The number of rotatable bonds is 3. The van der Waals surface area contributed by atoms with Gasteiger partial charge in [0, 0.05) is 5.69 Å². The molecule has 0 saturated carbocycles. The van der Waals surface area contributed by atoms with Gasteiger partial charge in [-0.05, 0) is 18.2 Å². The van der Waals surface area contributed by atoms with E-state index in [9.17, 15) is 12.8 Å². The van der Waals surface area contributed by atoms with E-state index in [1.54, 1.807) is 0 Å². The van der Waals surface area contributed by atoms with Crippen molar-refractivity contribution in [2.75, 3.05) is 10.5 Å². The fourth-order valence-electron chi connectivity index (χ4n) is 1.13. The molecule has 0 unspecified atom stereocenters. The van der Waals surface area contributed by atoms with Crippen molar-refractivity contribution in [3.8, 4) is 0 Å². The lowest BCUT2D eigenvalue weighted by Gasteiger charge is -2.05. The highest BCUT2D eigenvalue weighted by molar-refractivity contribution is 7.93. The maximum atomic E-state index is 13.0. The molecule has 1 aromatic carbocycles. The van der Waals surface area contributed by atoms with Gasteiger partial charge in [0.2, 0.25) is 5.13 Å². The lowest BCUT2D eigenvalue weighted by atomic mass is 10.3. The Hall–Kier alpha value is -1.74. The number of nitrogens with two attached hydrogens (primary N) is 1. The van der Waals surface area contributed by atoms with E-state index in [4.69, 9.17) is 5.73 Å². The van der Waals surface area contributed by atoms with Crippen molar-refractivity contribution >= 4 is 32.2 Å². The smallest absolute Gasteiger partial charge is 0.263 e. The molecule has 1 heterocycles. The van der Waals surface area contributed by atoms with Crippen molar-refractivity contribution in [3.63, 3.8) is 0 Å². The van der Waals surface area contributed by atoms with E-state index in [-0.39, 0.29) is 15.7 Å². The SMILES string of the molecule is Nc1cc(F)cc(S(=O)(=O)Nc2nncs2)c1. The van der Waals surface area contributed by atoms with Crippen LogP contribution in [-0.4, -0.2) is 18.6 Å². The molecule has 0 aliphatic heterocycles. The van der Waals surface area contributed by atoms with Gasteiger partial charge in [-0.2, -0.15) is 0 Å². The van der Waals surface area contributed by atoms with E-state index in [0.717, 1.165) is 29.5 Å². The van der Waals surface area contributed by atoms with Crippen molar-refractivity contribution in [1.29, 1.82) is 0 Å². The number of hydrogen-bond acceptors (Lipinski definition) is 6. The average Bonchev–Trinajstić information content (AvgIpc) is 2.68. The second-order valence-corrected chi connectivity index (χ2v) is 5.59. The van der Waals surface area contributed by atoms with Crippen LogP contribution in [0.2, 0.25) is 0 Å². The monoisotopic (exact) mass is 274 g/mol. The zero-order chi connectivity index (χ0) is 12.5. The summed E-state index contributed by atoms with van der Waals surface area (Å²) < 4.78 is 38.8. The Kier molecular flexibility index (Phi) is 2.94. The number of halogens is 1. The summed E-state index contributed by atoms with van der Waals surface area (Å²) in [6, 6.07) is 3.07. The summed E-state index contributed by atoms with van der Waals surface area (Å²) in [5.74, 6) is -0.720. The minimum atomic E-state index is -3.89. The molecule has 0 fully saturated rings. The van der Waals surface area contributed by atoms with Gasteiger partial charge in [0.1, 0.15) is 11.3 Å². The van der Waals surface area contributed by atoms with Gasteiger partial charge in [-0.3, -0.25) is 4.72 Å². The van der Waals surface area contributed by atoms with Crippen LogP contribution in [-0.2, 0) is 10.0 Å². The Morgan fingerprint density at radius 1 is 1.35 bits per heavy atom. The molecule has 90 valence electrons.